The first-order valence-electron chi connectivity index (χ1n) is 7.67. The third kappa shape index (κ3) is 4.16. The van der Waals surface area contributed by atoms with Gasteiger partial charge in [0.1, 0.15) is 0 Å². The second-order valence-electron chi connectivity index (χ2n) is 5.75. The molecule has 1 atom stereocenters. The lowest BCUT2D eigenvalue weighted by Crippen LogP contribution is -2.50. The molecular formula is C15H28N2OS. The van der Waals surface area contributed by atoms with E-state index in [0.29, 0.717) is 4.99 Å². The Kier molecular flexibility index (Phi) is 6.76. The van der Waals surface area contributed by atoms with Crippen LogP contribution in [-0.4, -0.2) is 16.9 Å². The van der Waals surface area contributed by atoms with Crippen LogP contribution in [0.3, 0.4) is 0 Å². The zero-order valence-electron chi connectivity index (χ0n) is 12.3. The minimum absolute atomic E-state index is 0.0760. The van der Waals surface area contributed by atoms with Crippen LogP contribution in [-0.2, 0) is 4.79 Å². The Morgan fingerprint density at radius 2 is 1.89 bits per heavy atom. The van der Waals surface area contributed by atoms with Gasteiger partial charge in [-0.15, -0.1) is 0 Å². The molecule has 1 aliphatic carbocycles. The van der Waals surface area contributed by atoms with Gasteiger partial charge in [-0.3, -0.25) is 4.79 Å². The summed E-state index contributed by atoms with van der Waals surface area (Å²) < 4.78 is 0. The molecule has 3 nitrogen and oxygen atoms in total. The molecule has 19 heavy (non-hydrogen) atoms. The summed E-state index contributed by atoms with van der Waals surface area (Å²) in [6, 6.07) is 0.282. The van der Waals surface area contributed by atoms with Crippen LogP contribution in [0.15, 0.2) is 0 Å². The van der Waals surface area contributed by atoms with Gasteiger partial charge >= 0.3 is 0 Å². The van der Waals surface area contributed by atoms with E-state index in [1.54, 1.807) is 0 Å². The van der Waals surface area contributed by atoms with E-state index in [1.165, 1.54) is 0 Å². The van der Waals surface area contributed by atoms with Gasteiger partial charge in [0.25, 0.3) is 0 Å². The van der Waals surface area contributed by atoms with Crippen LogP contribution >= 0.6 is 12.2 Å². The summed E-state index contributed by atoms with van der Waals surface area (Å²) in [5.41, 5.74) is 5.29. The largest absolute Gasteiger partial charge is 0.392 e. The zero-order chi connectivity index (χ0) is 14.3. The molecule has 0 aromatic carbocycles. The molecule has 0 saturated heterocycles. The molecule has 4 heteroatoms. The Morgan fingerprint density at radius 3 is 2.37 bits per heavy atom. The van der Waals surface area contributed by atoms with Crippen molar-refractivity contribution >= 4 is 23.1 Å². The smallest absolute Gasteiger partial charge is 0.233 e. The number of carbonyl (C=O) groups is 1. The van der Waals surface area contributed by atoms with E-state index in [-0.39, 0.29) is 11.9 Å². The summed E-state index contributed by atoms with van der Waals surface area (Å²) in [6.45, 7) is 4.34. The summed E-state index contributed by atoms with van der Waals surface area (Å²) in [5.74, 6) is 0.0760. The average molecular weight is 284 g/mol. The molecule has 1 aliphatic rings. The molecule has 0 aromatic heterocycles. The fraction of sp³-hybridized carbons (Fsp3) is 0.867. The summed E-state index contributed by atoms with van der Waals surface area (Å²) in [4.78, 5) is 13.0. The number of carbonyl (C=O) groups excluding carboxylic acids is 1. The van der Waals surface area contributed by atoms with Gasteiger partial charge in [-0.1, -0.05) is 58.2 Å². The van der Waals surface area contributed by atoms with Crippen LogP contribution < -0.4 is 11.1 Å². The Balaban J connectivity index is 2.65. The number of amides is 1. The highest BCUT2D eigenvalue weighted by Gasteiger charge is 2.44. The molecule has 110 valence electrons. The molecule has 0 heterocycles. The molecular weight excluding hydrogens is 256 g/mol. The van der Waals surface area contributed by atoms with Crippen molar-refractivity contribution in [3.8, 4) is 0 Å². The predicted molar refractivity (Wildman–Crippen MR) is 84.1 cm³/mol. The monoisotopic (exact) mass is 284 g/mol. The number of hydrogen-bond donors (Lipinski definition) is 2. The molecule has 0 aliphatic heterocycles. The van der Waals surface area contributed by atoms with E-state index in [0.717, 1.165) is 57.8 Å². The van der Waals surface area contributed by atoms with Crippen LogP contribution in [0.25, 0.3) is 0 Å². The molecule has 1 fully saturated rings. The summed E-state index contributed by atoms with van der Waals surface area (Å²) >= 11 is 5.17. The first-order valence-corrected chi connectivity index (χ1v) is 8.08. The average Bonchev–Trinajstić information content (AvgIpc) is 2.86. The third-order valence-electron chi connectivity index (χ3n) is 4.24. The van der Waals surface area contributed by atoms with Crippen molar-refractivity contribution in [1.82, 2.24) is 5.32 Å². The van der Waals surface area contributed by atoms with E-state index in [4.69, 9.17) is 18.0 Å². The van der Waals surface area contributed by atoms with Gasteiger partial charge in [0.05, 0.1) is 10.4 Å². The third-order valence-corrected chi connectivity index (χ3v) is 4.63. The van der Waals surface area contributed by atoms with Gasteiger partial charge < -0.3 is 11.1 Å². The van der Waals surface area contributed by atoms with E-state index >= 15 is 0 Å². The maximum atomic E-state index is 12.6. The Labute approximate surface area is 122 Å². The zero-order valence-corrected chi connectivity index (χ0v) is 13.2. The van der Waals surface area contributed by atoms with Crippen LogP contribution in [0.2, 0.25) is 0 Å². The number of unbranched alkanes of at least 4 members (excludes halogenated alkanes) is 1. The van der Waals surface area contributed by atoms with Crippen molar-refractivity contribution in [3.63, 3.8) is 0 Å². The van der Waals surface area contributed by atoms with E-state index in [2.05, 4.69) is 19.2 Å². The number of nitrogens with one attached hydrogen (secondary N) is 1. The standard InChI is InChI=1S/C15H28N2OS/c1-3-5-9-12(8-4-2)17-14(18)15(13(16)19)10-6-7-11-15/h12H,3-11H2,1-2H3,(H2,16,19)(H,17,18). The van der Waals surface area contributed by atoms with Gasteiger partial charge in [-0.05, 0) is 25.7 Å². The molecule has 1 unspecified atom stereocenters. The van der Waals surface area contributed by atoms with Crippen LogP contribution in [0.4, 0.5) is 0 Å². The minimum atomic E-state index is -0.562. The summed E-state index contributed by atoms with van der Waals surface area (Å²) in [5, 5.41) is 3.21. The van der Waals surface area contributed by atoms with Crippen molar-refractivity contribution in [2.45, 2.75) is 77.7 Å². The Morgan fingerprint density at radius 1 is 1.26 bits per heavy atom. The summed E-state index contributed by atoms with van der Waals surface area (Å²) in [6.07, 6.45) is 9.26. The van der Waals surface area contributed by atoms with Crippen molar-refractivity contribution < 1.29 is 4.79 Å². The molecule has 1 saturated carbocycles. The Hall–Kier alpha value is -0.640. The number of hydrogen-bond acceptors (Lipinski definition) is 2. The predicted octanol–water partition coefficient (Wildman–Crippen LogP) is 3.31. The molecule has 0 radical (unpaired) electrons. The van der Waals surface area contributed by atoms with Crippen LogP contribution in [0.5, 0.6) is 0 Å². The van der Waals surface area contributed by atoms with E-state index < -0.39 is 5.41 Å². The lowest BCUT2D eigenvalue weighted by Gasteiger charge is -2.29. The van der Waals surface area contributed by atoms with Gasteiger partial charge in [-0.2, -0.15) is 0 Å². The first-order chi connectivity index (χ1) is 9.06. The van der Waals surface area contributed by atoms with Crippen molar-refractivity contribution in [2.75, 3.05) is 0 Å². The van der Waals surface area contributed by atoms with Crippen LogP contribution in [0, 0.1) is 5.41 Å². The second-order valence-corrected chi connectivity index (χ2v) is 6.19. The normalized spacial score (nSPS) is 19.1. The van der Waals surface area contributed by atoms with Gasteiger partial charge in [0.15, 0.2) is 0 Å². The van der Waals surface area contributed by atoms with Gasteiger partial charge in [0, 0.05) is 6.04 Å². The number of thiocarbonyl (C=S) groups is 1. The maximum Gasteiger partial charge on any atom is 0.233 e. The van der Waals surface area contributed by atoms with Crippen LogP contribution in [0.1, 0.15) is 71.6 Å². The molecule has 0 aromatic rings. The highest BCUT2D eigenvalue weighted by molar-refractivity contribution is 7.80. The second kappa shape index (κ2) is 7.83. The maximum absolute atomic E-state index is 12.6. The molecule has 1 rings (SSSR count). The fourth-order valence-electron chi connectivity index (χ4n) is 2.98. The highest BCUT2D eigenvalue weighted by Crippen LogP contribution is 2.39. The molecule has 1 amide bonds. The molecule has 0 spiro atoms. The molecule has 3 N–H and O–H groups in total. The molecule has 0 bridgehead atoms. The van der Waals surface area contributed by atoms with Gasteiger partial charge in [-0.25, -0.2) is 0 Å². The summed E-state index contributed by atoms with van der Waals surface area (Å²) in [7, 11) is 0. The SMILES string of the molecule is CCCCC(CCC)NC(=O)C1(C(N)=S)CCCC1. The number of nitrogens with two attached hydrogens (primary N) is 1. The highest BCUT2D eigenvalue weighted by atomic mass is 32.1. The quantitative estimate of drug-likeness (QED) is 0.672. The van der Waals surface area contributed by atoms with Gasteiger partial charge in [0.2, 0.25) is 5.91 Å². The lowest BCUT2D eigenvalue weighted by molar-refractivity contribution is -0.128. The minimum Gasteiger partial charge on any atom is -0.392 e. The van der Waals surface area contributed by atoms with Crippen molar-refractivity contribution in [2.24, 2.45) is 11.1 Å². The van der Waals surface area contributed by atoms with E-state index in [9.17, 15) is 4.79 Å². The van der Waals surface area contributed by atoms with Crippen molar-refractivity contribution in [3.05, 3.63) is 0 Å². The lowest BCUT2D eigenvalue weighted by atomic mass is 9.84. The fourth-order valence-corrected chi connectivity index (χ4v) is 3.27. The van der Waals surface area contributed by atoms with E-state index in [1.807, 2.05) is 0 Å². The Bertz CT molecular complexity index is 311. The number of rotatable bonds is 8. The topological polar surface area (TPSA) is 55.1 Å². The van der Waals surface area contributed by atoms with Crippen molar-refractivity contribution in [1.29, 1.82) is 0 Å². The first kappa shape index (κ1) is 16.4.